The largest absolute Gasteiger partial charge is 0.493 e. The molecule has 4 nitrogen and oxygen atoms in total. The summed E-state index contributed by atoms with van der Waals surface area (Å²) in [4.78, 5) is 25.3. The average Bonchev–Trinajstić information content (AvgIpc) is 2.94. The molecule has 0 fully saturated rings. The van der Waals surface area contributed by atoms with Crippen molar-refractivity contribution in [1.82, 2.24) is 0 Å². The lowest BCUT2D eigenvalue weighted by Crippen LogP contribution is -2.17. The maximum Gasteiger partial charge on any atom is 0.343 e. The van der Waals surface area contributed by atoms with E-state index >= 15 is 0 Å². The van der Waals surface area contributed by atoms with Crippen LogP contribution in [0.2, 0.25) is 0 Å². The van der Waals surface area contributed by atoms with Gasteiger partial charge in [-0.15, -0.1) is 0 Å². The van der Waals surface area contributed by atoms with Gasteiger partial charge in [-0.3, -0.25) is 4.79 Å². The number of esters is 1. The van der Waals surface area contributed by atoms with Gasteiger partial charge in [-0.1, -0.05) is 90.7 Å². The molecule has 0 bridgehead atoms. The van der Waals surface area contributed by atoms with Crippen LogP contribution in [0.4, 0.5) is 0 Å². The smallest absolute Gasteiger partial charge is 0.343 e. The molecule has 0 spiro atoms. The molecule has 4 heteroatoms. The fourth-order valence-corrected chi connectivity index (χ4v) is 4.82. The van der Waals surface area contributed by atoms with E-state index in [1.54, 1.807) is 36.4 Å². The summed E-state index contributed by atoms with van der Waals surface area (Å²) in [5, 5.41) is 0. The van der Waals surface area contributed by atoms with E-state index in [9.17, 15) is 9.59 Å². The highest BCUT2D eigenvalue weighted by Gasteiger charge is 2.22. The summed E-state index contributed by atoms with van der Waals surface area (Å²) in [6, 6.07) is 14.5. The summed E-state index contributed by atoms with van der Waals surface area (Å²) in [5.41, 5.74) is 2.58. The first-order chi connectivity index (χ1) is 18.5. The van der Waals surface area contributed by atoms with Crippen LogP contribution < -0.4 is 9.47 Å². The van der Waals surface area contributed by atoms with Crippen molar-refractivity contribution < 1.29 is 19.1 Å². The van der Waals surface area contributed by atoms with Gasteiger partial charge in [0.2, 0.25) is 0 Å². The highest BCUT2D eigenvalue weighted by atomic mass is 16.5. The summed E-state index contributed by atoms with van der Waals surface area (Å²) in [6.45, 7) is 7.20. The molecule has 0 aliphatic heterocycles. The zero-order chi connectivity index (χ0) is 27.2. The van der Waals surface area contributed by atoms with Crippen molar-refractivity contribution in [2.75, 3.05) is 6.61 Å². The first-order valence-electron chi connectivity index (χ1n) is 14.8. The van der Waals surface area contributed by atoms with Gasteiger partial charge in [0.15, 0.2) is 5.78 Å². The Morgan fingerprint density at radius 2 is 1.50 bits per heavy atom. The molecule has 0 saturated heterocycles. The number of unbranched alkanes of at least 4 members (excludes halogenated alkanes) is 7. The quantitative estimate of drug-likeness (QED) is 0.126. The van der Waals surface area contributed by atoms with Gasteiger partial charge in [-0.05, 0) is 78.8 Å². The molecule has 0 radical (unpaired) electrons. The van der Waals surface area contributed by atoms with Crippen LogP contribution in [0, 0.1) is 11.8 Å². The van der Waals surface area contributed by atoms with Crippen LogP contribution in [0.1, 0.15) is 114 Å². The van der Waals surface area contributed by atoms with Crippen molar-refractivity contribution in [3.05, 3.63) is 65.7 Å². The number of hydrogen-bond donors (Lipinski definition) is 0. The molecule has 0 amide bonds. The van der Waals surface area contributed by atoms with Crippen LogP contribution in [-0.2, 0) is 4.79 Å². The predicted octanol–water partition coefficient (Wildman–Crippen LogP) is 9.22. The van der Waals surface area contributed by atoms with Gasteiger partial charge in [0.05, 0.1) is 12.2 Å². The van der Waals surface area contributed by atoms with E-state index in [1.165, 1.54) is 44.9 Å². The number of benzene rings is 2. The maximum atomic E-state index is 12.7. The number of carbonyl (C=O) groups excluding carboxylic acids is 2. The van der Waals surface area contributed by atoms with E-state index in [4.69, 9.17) is 9.47 Å². The Balaban J connectivity index is 1.43. The molecule has 0 saturated carbocycles. The van der Waals surface area contributed by atoms with Crippen LogP contribution in [0.5, 0.6) is 11.5 Å². The number of ether oxygens (including phenoxy) is 2. The minimum atomic E-state index is -0.401. The van der Waals surface area contributed by atoms with Gasteiger partial charge in [-0.2, -0.15) is 0 Å². The Morgan fingerprint density at radius 1 is 0.868 bits per heavy atom. The van der Waals surface area contributed by atoms with Crippen molar-refractivity contribution in [2.24, 2.45) is 11.8 Å². The predicted molar refractivity (Wildman–Crippen MR) is 156 cm³/mol. The SMILES string of the molecule is CCCCCCCCCCC1CCC(c2ccc(OC(=O)c3ccc(OCC(C)CC)cc3)cc2)=CC1=O. The third kappa shape index (κ3) is 9.78. The number of rotatable bonds is 16. The Labute approximate surface area is 229 Å². The lowest BCUT2D eigenvalue weighted by molar-refractivity contribution is -0.118. The summed E-state index contributed by atoms with van der Waals surface area (Å²) in [7, 11) is 0. The Morgan fingerprint density at radius 3 is 2.13 bits per heavy atom. The van der Waals surface area contributed by atoms with Gasteiger partial charge in [0, 0.05) is 5.92 Å². The van der Waals surface area contributed by atoms with Crippen LogP contribution in [-0.4, -0.2) is 18.4 Å². The lowest BCUT2D eigenvalue weighted by Gasteiger charge is -2.21. The molecule has 2 unspecified atom stereocenters. The van der Waals surface area contributed by atoms with Gasteiger partial charge < -0.3 is 9.47 Å². The van der Waals surface area contributed by atoms with E-state index in [-0.39, 0.29) is 11.7 Å². The second-order valence-electron chi connectivity index (χ2n) is 10.8. The van der Waals surface area contributed by atoms with Crippen molar-refractivity contribution in [2.45, 2.75) is 97.8 Å². The third-order valence-electron chi connectivity index (χ3n) is 7.64. The number of carbonyl (C=O) groups is 2. The van der Waals surface area contributed by atoms with E-state index in [0.29, 0.717) is 23.8 Å². The van der Waals surface area contributed by atoms with Crippen LogP contribution >= 0.6 is 0 Å². The zero-order valence-corrected chi connectivity index (χ0v) is 23.7. The molecule has 2 aromatic carbocycles. The monoisotopic (exact) mass is 518 g/mol. The number of ketones is 1. The third-order valence-corrected chi connectivity index (χ3v) is 7.64. The molecule has 3 rings (SSSR count). The Hall–Kier alpha value is -2.88. The molecular formula is C34H46O4. The number of hydrogen-bond acceptors (Lipinski definition) is 4. The molecule has 2 atom stereocenters. The molecule has 38 heavy (non-hydrogen) atoms. The fraction of sp³-hybridized carbons (Fsp3) is 0.529. The van der Waals surface area contributed by atoms with Crippen molar-refractivity contribution in [3.8, 4) is 11.5 Å². The van der Waals surface area contributed by atoms with Crippen molar-refractivity contribution in [3.63, 3.8) is 0 Å². The highest BCUT2D eigenvalue weighted by Crippen LogP contribution is 2.32. The number of allylic oxidation sites excluding steroid dienone is 2. The van der Waals surface area contributed by atoms with E-state index in [0.717, 1.165) is 49.0 Å². The molecule has 0 heterocycles. The average molecular weight is 519 g/mol. The second-order valence-corrected chi connectivity index (χ2v) is 10.8. The highest BCUT2D eigenvalue weighted by molar-refractivity contribution is 6.00. The second kappa shape index (κ2) is 16.2. The van der Waals surface area contributed by atoms with E-state index in [2.05, 4.69) is 20.8 Å². The topological polar surface area (TPSA) is 52.6 Å². The maximum absolute atomic E-state index is 12.7. The molecule has 2 aromatic rings. The summed E-state index contributed by atoms with van der Waals surface area (Å²) >= 11 is 0. The normalized spacial score (nSPS) is 16.1. The summed E-state index contributed by atoms with van der Waals surface area (Å²) in [5.74, 6) is 1.77. The molecular weight excluding hydrogens is 472 g/mol. The van der Waals surface area contributed by atoms with Crippen molar-refractivity contribution in [1.29, 1.82) is 0 Å². The van der Waals surface area contributed by atoms with Crippen LogP contribution in [0.25, 0.3) is 5.57 Å². The Kier molecular flexibility index (Phi) is 12.6. The van der Waals surface area contributed by atoms with Crippen LogP contribution in [0.15, 0.2) is 54.6 Å². The molecule has 0 aromatic heterocycles. The first kappa shape index (κ1) is 29.7. The van der Waals surface area contributed by atoms with Gasteiger partial charge in [0.25, 0.3) is 0 Å². The van der Waals surface area contributed by atoms with E-state index < -0.39 is 5.97 Å². The lowest BCUT2D eigenvalue weighted by atomic mass is 9.83. The standard InChI is InChI=1S/C34H46O4/c1-4-6-7-8-9-10-11-12-13-28-14-15-30(24-33(28)35)27-16-22-32(23-17-27)38-34(36)29-18-20-31(21-19-29)37-25-26(3)5-2/h16-24,26,28H,4-15,25H2,1-3H3. The van der Waals surface area contributed by atoms with Crippen LogP contribution in [0.3, 0.4) is 0 Å². The zero-order valence-electron chi connectivity index (χ0n) is 23.7. The molecule has 0 N–H and O–H groups in total. The molecule has 1 aliphatic carbocycles. The van der Waals surface area contributed by atoms with Gasteiger partial charge in [0.1, 0.15) is 11.5 Å². The Bertz CT molecular complexity index is 1020. The van der Waals surface area contributed by atoms with Gasteiger partial charge in [-0.25, -0.2) is 4.79 Å². The van der Waals surface area contributed by atoms with E-state index in [1.807, 2.05) is 18.2 Å². The minimum Gasteiger partial charge on any atom is -0.493 e. The fourth-order valence-electron chi connectivity index (χ4n) is 4.82. The molecule has 1 aliphatic rings. The molecule has 206 valence electrons. The summed E-state index contributed by atoms with van der Waals surface area (Å²) in [6.07, 6.45) is 16.1. The van der Waals surface area contributed by atoms with Gasteiger partial charge >= 0.3 is 5.97 Å². The minimum absolute atomic E-state index is 0.172. The summed E-state index contributed by atoms with van der Waals surface area (Å²) < 4.78 is 11.3. The first-order valence-corrected chi connectivity index (χ1v) is 14.8. The van der Waals surface area contributed by atoms with Crippen molar-refractivity contribution >= 4 is 17.3 Å².